The molecule has 0 aromatic rings. The molecule has 1 aliphatic rings. The van der Waals surface area contributed by atoms with Crippen LogP contribution >= 0.6 is 23.5 Å². The van der Waals surface area contributed by atoms with Crippen molar-refractivity contribution in [2.75, 3.05) is 0 Å². The summed E-state index contributed by atoms with van der Waals surface area (Å²) in [6, 6.07) is 0. The first kappa shape index (κ1) is 78.3. The van der Waals surface area contributed by atoms with Gasteiger partial charge in [0.05, 0.1) is 33.6 Å². The molecular weight excluding hydrogens is 1090 g/mol. The van der Waals surface area contributed by atoms with Crippen LogP contribution in [0.5, 0.6) is 0 Å². The summed E-state index contributed by atoms with van der Waals surface area (Å²) in [7, 11) is -14.2. The molecule has 81 heavy (non-hydrogen) atoms. The minimum atomic E-state index is -4.80. The topological polar surface area (TPSA) is 187 Å². The first-order valence-electron chi connectivity index (χ1n) is 31.7. The Morgan fingerprint density at radius 1 is 0.309 bits per heavy atom. The lowest BCUT2D eigenvalue weighted by atomic mass is 9.87. The molecule has 1 saturated carbocycles. The highest BCUT2D eigenvalue weighted by atomic mass is 31.2. The van der Waals surface area contributed by atoms with Crippen LogP contribution in [0.1, 0.15) is 325 Å². The number of hydrogen-bond donors (Lipinski definition) is 0. The molecule has 1 fully saturated rings. The fourth-order valence-electron chi connectivity index (χ4n) is 9.39. The number of hydrogen-bond acceptors (Lipinski definition) is 16. The third-order valence-electron chi connectivity index (χ3n) is 12.4. The SMILES string of the molecule is CCCCCCCCCCCCCCCC(=O)O[C@H]1[C@@H](OC(=O)CCCCCCCCCCCCCCC)[C@@H](OP(=O)(OC(C)(C)C)OC(C)(C)C)C[C@@H](OP(=O)(OC(C)(C)C)OC(C)(C)C)[C@@H]1OP(=O)(OC(C)(C)C)OC(C)(C)C. The van der Waals surface area contributed by atoms with E-state index in [0.29, 0.717) is 12.8 Å². The van der Waals surface area contributed by atoms with E-state index in [-0.39, 0.29) is 12.8 Å². The van der Waals surface area contributed by atoms with Gasteiger partial charge in [-0.3, -0.25) is 50.3 Å². The van der Waals surface area contributed by atoms with Gasteiger partial charge < -0.3 is 9.47 Å². The summed E-state index contributed by atoms with van der Waals surface area (Å²) in [4.78, 5) is 28.9. The highest BCUT2D eigenvalue weighted by Gasteiger charge is 2.59. The second-order valence-corrected chi connectivity index (χ2v) is 33.0. The number of rotatable bonds is 42. The van der Waals surface area contributed by atoms with E-state index in [4.69, 9.17) is 50.2 Å². The van der Waals surface area contributed by atoms with E-state index in [0.717, 1.165) is 51.4 Å². The average molecular weight is 1220 g/mol. The second kappa shape index (κ2) is 37.2. The Hall–Kier alpha value is -0.730. The summed E-state index contributed by atoms with van der Waals surface area (Å²) in [5.41, 5.74) is -6.73. The maximum Gasteiger partial charge on any atom is 0.476 e. The summed E-state index contributed by atoms with van der Waals surface area (Å²) in [6.07, 6.45) is 20.1. The third kappa shape index (κ3) is 40.4. The molecule has 0 unspecified atom stereocenters. The number of carbonyl (C=O) groups excluding carboxylic acids is 2. The Morgan fingerprint density at radius 2 is 0.519 bits per heavy atom. The van der Waals surface area contributed by atoms with Crippen LogP contribution in [0.15, 0.2) is 0 Å². The molecule has 0 amide bonds. The van der Waals surface area contributed by atoms with E-state index in [2.05, 4.69) is 13.8 Å². The van der Waals surface area contributed by atoms with Crippen LogP contribution in [0, 0.1) is 0 Å². The molecule has 0 radical (unpaired) electrons. The van der Waals surface area contributed by atoms with Gasteiger partial charge in [-0.2, -0.15) is 0 Å². The summed E-state index contributed by atoms with van der Waals surface area (Å²) < 4.78 is 116. The number of ether oxygens (including phenoxy) is 2. The van der Waals surface area contributed by atoms with Gasteiger partial charge in [0, 0.05) is 19.3 Å². The van der Waals surface area contributed by atoms with E-state index < -0.39 is 106 Å². The van der Waals surface area contributed by atoms with E-state index in [1.54, 1.807) is 125 Å². The van der Waals surface area contributed by atoms with Gasteiger partial charge >= 0.3 is 35.4 Å². The number of esters is 2. The largest absolute Gasteiger partial charge is 0.476 e. The van der Waals surface area contributed by atoms with E-state index in [1.807, 2.05) is 0 Å². The van der Waals surface area contributed by atoms with Gasteiger partial charge in [-0.15, -0.1) is 0 Å². The highest BCUT2D eigenvalue weighted by molar-refractivity contribution is 7.49. The van der Waals surface area contributed by atoms with Crippen molar-refractivity contribution in [3.8, 4) is 0 Å². The molecule has 1 aliphatic carbocycles. The fourth-order valence-corrected chi connectivity index (χ4v) is 15.4. The maximum atomic E-state index is 15.4. The summed E-state index contributed by atoms with van der Waals surface area (Å²) in [6.45, 7) is 34.7. The van der Waals surface area contributed by atoms with Crippen molar-refractivity contribution in [2.24, 2.45) is 0 Å². The van der Waals surface area contributed by atoms with Gasteiger partial charge in [-0.1, -0.05) is 168 Å². The van der Waals surface area contributed by atoms with Crippen LogP contribution in [-0.2, 0) is 73.5 Å². The zero-order valence-corrected chi connectivity index (χ0v) is 57.9. The van der Waals surface area contributed by atoms with Crippen molar-refractivity contribution in [3.63, 3.8) is 0 Å². The van der Waals surface area contributed by atoms with E-state index in [1.165, 1.54) is 103 Å². The van der Waals surface area contributed by atoms with Crippen LogP contribution < -0.4 is 0 Å². The Balaban J connectivity index is 4.00. The Bertz CT molecular complexity index is 1810. The lowest BCUT2D eigenvalue weighted by molar-refractivity contribution is -0.213. The van der Waals surface area contributed by atoms with Gasteiger partial charge in [0.2, 0.25) is 0 Å². The third-order valence-corrected chi connectivity index (χ3v) is 18.6. The number of carbonyl (C=O) groups is 2. The molecule has 19 heteroatoms. The quantitative estimate of drug-likeness (QED) is 0.0319. The van der Waals surface area contributed by atoms with Gasteiger partial charge in [0.15, 0.2) is 12.2 Å². The maximum absolute atomic E-state index is 15.4. The molecule has 5 atom stereocenters. The number of phosphoric acid groups is 3. The minimum absolute atomic E-state index is 0.00644. The fraction of sp³-hybridized carbons (Fsp3) is 0.968. The number of phosphoric ester groups is 3. The van der Waals surface area contributed by atoms with Crippen LogP contribution in [0.4, 0.5) is 0 Å². The molecule has 1 rings (SSSR count). The predicted octanol–water partition coefficient (Wildman–Crippen LogP) is 20.5. The first-order chi connectivity index (χ1) is 37.2. The monoisotopic (exact) mass is 1220 g/mol. The second-order valence-electron chi connectivity index (χ2n) is 28.6. The molecule has 0 spiro atoms. The van der Waals surface area contributed by atoms with Crippen molar-refractivity contribution in [2.45, 2.75) is 389 Å². The highest BCUT2D eigenvalue weighted by Crippen LogP contribution is 2.63. The van der Waals surface area contributed by atoms with Crippen molar-refractivity contribution in [1.29, 1.82) is 0 Å². The molecule has 0 bridgehead atoms. The lowest BCUT2D eigenvalue weighted by Crippen LogP contribution is -2.60. The molecule has 0 saturated heterocycles. The first-order valence-corrected chi connectivity index (χ1v) is 36.1. The summed E-state index contributed by atoms with van der Waals surface area (Å²) >= 11 is 0. The van der Waals surface area contributed by atoms with E-state index in [9.17, 15) is 9.59 Å². The van der Waals surface area contributed by atoms with Crippen molar-refractivity contribution in [1.82, 2.24) is 0 Å². The molecule has 0 heterocycles. The van der Waals surface area contributed by atoms with Crippen LogP contribution in [0.2, 0.25) is 0 Å². The molecular formula is C62H123O16P3. The Morgan fingerprint density at radius 3 is 0.765 bits per heavy atom. The van der Waals surface area contributed by atoms with Crippen LogP contribution in [-0.4, -0.2) is 76.1 Å². The van der Waals surface area contributed by atoms with E-state index >= 15 is 13.7 Å². The minimum Gasteiger partial charge on any atom is -0.455 e. The van der Waals surface area contributed by atoms with Gasteiger partial charge in [-0.05, 0) is 137 Å². The molecule has 16 nitrogen and oxygen atoms in total. The molecule has 0 aromatic carbocycles. The van der Waals surface area contributed by atoms with Crippen LogP contribution in [0.3, 0.4) is 0 Å². The van der Waals surface area contributed by atoms with Gasteiger partial charge in [0.25, 0.3) is 0 Å². The number of unbranched alkanes of at least 4 members (excludes halogenated alkanes) is 24. The molecule has 482 valence electrons. The average Bonchev–Trinajstić information content (AvgIpc) is 3.31. The zero-order valence-electron chi connectivity index (χ0n) is 55.3. The normalized spacial score (nSPS) is 19.3. The summed E-state index contributed by atoms with van der Waals surface area (Å²) in [5.74, 6) is -1.36. The van der Waals surface area contributed by atoms with Crippen molar-refractivity contribution >= 4 is 35.4 Å². The van der Waals surface area contributed by atoms with Crippen molar-refractivity contribution < 1.29 is 73.5 Å². The Labute approximate surface area is 495 Å². The van der Waals surface area contributed by atoms with Crippen LogP contribution in [0.25, 0.3) is 0 Å². The predicted molar refractivity (Wildman–Crippen MR) is 327 cm³/mol. The lowest BCUT2D eigenvalue weighted by Gasteiger charge is -2.47. The summed E-state index contributed by atoms with van der Waals surface area (Å²) in [5, 5.41) is 0. The standard InChI is InChI=1S/C62H123O16P3/c1-21-23-25-27-29-31-33-35-37-39-41-43-45-47-52(63)68-54-50(70-79(65,73-57(3,4)5)74-58(6,7)8)49-51(71-80(66,75-59(9,10)11)76-60(12,13)14)55(72-81(67,77-61(15,16)17)78-62(18,19)20)56(54)69-53(64)48-46-44-42-40-38-36-34-32-30-28-26-24-22-2/h50-51,54-56H,21-49H2,1-20H3/t50-,51+,54-,55-,56-/m0/s1. The molecule has 0 aliphatic heterocycles. The van der Waals surface area contributed by atoms with Gasteiger partial charge in [-0.25, -0.2) is 13.7 Å². The zero-order chi connectivity index (χ0) is 61.8. The molecule has 0 N–H and O–H groups in total. The molecule has 0 aromatic heterocycles. The van der Waals surface area contributed by atoms with Crippen molar-refractivity contribution in [3.05, 3.63) is 0 Å². The smallest absolute Gasteiger partial charge is 0.455 e. The van der Waals surface area contributed by atoms with Gasteiger partial charge in [0.1, 0.15) is 18.3 Å². The Kier molecular flexibility index (Phi) is 35.9.